The van der Waals surface area contributed by atoms with Gasteiger partial charge in [0.05, 0.1) is 16.8 Å². The highest BCUT2D eigenvalue weighted by molar-refractivity contribution is 7.14. The summed E-state index contributed by atoms with van der Waals surface area (Å²) < 4.78 is 10.7. The third-order valence-corrected chi connectivity index (χ3v) is 5.27. The summed E-state index contributed by atoms with van der Waals surface area (Å²) in [6.45, 7) is 0.222. The second kappa shape index (κ2) is 6.78. The number of carbonyl (C=O) groups is 1. The molecule has 28 heavy (non-hydrogen) atoms. The van der Waals surface area contributed by atoms with E-state index in [-0.39, 0.29) is 17.9 Å². The number of halogens is 1. The molecule has 0 radical (unpaired) electrons. The number of nitrogens with one attached hydrogen (secondary N) is 1. The molecule has 4 aromatic rings. The number of rotatable bonds is 3. The fraction of sp³-hybridized carbons (Fsp3) is 0.0500. The summed E-state index contributed by atoms with van der Waals surface area (Å²) in [5.74, 6) is 1.12. The van der Waals surface area contributed by atoms with Crippen LogP contribution in [0.3, 0.4) is 0 Å². The Labute approximate surface area is 168 Å². The van der Waals surface area contributed by atoms with Gasteiger partial charge in [0, 0.05) is 16.3 Å². The number of thiazole rings is 1. The van der Waals surface area contributed by atoms with Gasteiger partial charge in [-0.05, 0) is 30.3 Å². The number of para-hydroxylation sites is 1. The van der Waals surface area contributed by atoms with Crippen LogP contribution < -0.4 is 14.8 Å². The van der Waals surface area contributed by atoms with Crippen molar-refractivity contribution < 1.29 is 14.3 Å². The minimum Gasteiger partial charge on any atom is -0.454 e. The summed E-state index contributed by atoms with van der Waals surface area (Å²) in [5, 5.41) is 6.22. The fourth-order valence-electron chi connectivity index (χ4n) is 3.02. The van der Waals surface area contributed by atoms with Crippen LogP contribution in [0.25, 0.3) is 22.2 Å². The SMILES string of the molecule is O=C(Nc1nc(-c2ccc3c(c2)OCO3)cs1)c1cc(Cl)nc2ccccc12. The Morgan fingerprint density at radius 2 is 1.93 bits per heavy atom. The molecule has 0 unspecified atom stereocenters. The predicted octanol–water partition coefficient (Wildman–Crippen LogP) is 4.99. The number of benzene rings is 2. The van der Waals surface area contributed by atoms with Crippen LogP contribution in [-0.4, -0.2) is 22.7 Å². The maximum Gasteiger partial charge on any atom is 0.258 e. The Balaban J connectivity index is 1.43. The molecular weight excluding hydrogens is 398 g/mol. The summed E-state index contributed by atoms with van der Waals surface area (Å²) in [6, 6.07) is 14.6. The number of fused-ring (bicyclic) bond motifs is 2. The van der Waals surface area contributed by atoms with Crippen LogP contribution >= 0.6 is 22.9 Å². The van der Waals surface area contributed by atoms with Crippen molar-refractivity contribution in [3.63, 3.8) is 0 Å². The van der Waals surface area contributed by atoms with Gasteiger partial charge >= 0.3 is 0 Å². The average molecular weight is 410 g/mol. The molecule has 138 valence electrons. The molecule has 0 fully saturated rings. The van der Waals surface area contributed by atoms with Crippen molar-refractivity contribution in [2.45, 2.75) is 0 Å². The molecule has 0 saturated carbocycles. The van der Waals surface area contributed by atoms with Gasteiger partial charge in [0.25, 0.3) is 5.91 Å². The smallest absolute Gasteiger partial charge is 0.258 e. The molecule has 6 nitrogen and oxygen atoms in total. The highest BCUT2D eigenvalue weighted by Gasteiger charge is 2.17. The second-order valence-electron chi connectivity index (χ2n) is 6.07. The summed E-state index contributed by atoms with van der Waals surface area (Å²) in [5.41, 5.74) is 2.75. The highest BCUT2D eigenvalue weighted by Crippen LogP contribution is 2.36. The molecule has 1 aliphatic rings. The lowest BCUT2D eigenvalue weighted by atomic mass is 10.1. The lowest BCUT2D eigenvalue weighted by molar-refractivity contribution is 0.102. The minimum atomic E-state index is -0.285. The largest absolute Gasteiger partial charge is 0.454 e. The lowest BCUT2D eigenvalue weighted by Gasteiger charge is -2.06. The summed E-state index contributed by atoms with van der Waals surface area (Å²) >= 11 is 7.42. The van der Waals surface area contributed by atoms with E-state index < -0.39 is 0 Å². The molecule has 2 aromatic carbocycles. The van der Waals surface area contributed by atoms with Crippen molar-refractivity contribution >= 4 is 44.9 Å². The van der Waals surface area contributed by atoms with Crippen LogP contribution in [0.4, 0.5) is 5.13 Å². The Bertz CT molecular complexity index is 1220. The zero-order valence-corrected chi connectivity index (χ0v) is 15.9. The first-order valence-corrected chi connectivity index (χ1v) is 9.65. The van der Waals surface area contributed by atoms with Gasteiger partial charge in [0.2, 0.25) is 6.79 Å². The molecule has 1 N–H and O–H groups in total. The molecule has 8 heteroatoms. The van der Waals surface area contributed by atoms with Crippen LogP contribution in [0.1, 0.15) is 10.4 Å². The summed E-state index contributed by atoms with van der Waals surface area (Å²) in [6.07, 6.45) is 0. The van der Waals surface area contributed by atoms with Gasteiger partial charge in [0.1, 0.15) is 5.15 Å². The van der Waals surface area contributed by atoms with Crippen LogP contribution in [0.15, 0.2) is 53.9 Å². The number of carbonyl (C=O) groups excluding carboxylic acids is 1. The molecule has 0 aliphatic carbocycles. The number of hydrogen-bond acceptors (Lipinski definition) is 6. The number of amides is 1. The number of aromatic nitrogens is 2. The Morgan fingerprint density at radius 1 is 1.07 bits per heavy atom. The molecule has 0 atom stereocenters. The van der Waals surface area contributed by atoms with Crippen molar-refractivity contribution in [3.05, 3.63) is 64.6 Å². The summed E-state index contributed by atoms with van der Waals surface area (Å²) in [7, 11) is 0. The van der Waals surface area contributed by atoms with Gasteiger partial charge in [-0.2, -0.15) is 0 Å². The van der Waals surface area contributed by atoms with Crippen LogP contribution in [0.5, 0.6) is 11.5 Å². The Kier molecular flexibility index (Phi) is 4.11. The minimum absolute atomic E-state index is 0.222. The zero-order valence-electron chi connectivity index (χ0n) is 14.3. The van der Waals surface area contributed by atoms with E-state index >= 15 is 0 Å². The molecule has 5 rings (SSSR count). The van der Waals surface area contributed by atoms with Crippen molar-refractivity contribution in [1.29, 1.82) is 0 Å². The van der Waals surface area contributed by atoms with Gasteiger partial charge in [-0.25, -0.2) is 9.97 Å². The maximum absolute atomic E-state index is 12.8. The third-order valence-electron chi connectivity index (χ3n) is 4.32. The summed E-state index contributed by atoms with van der Waals surface area (Å²) in [4.78, 5) is 21.6. The monoisotopic (exact) mass is 409 g/mol. The fourth-order valence-corrected chi connectivity index (χ4v) is 3.93. The second-order valence-corrected chi connectivity index (χ2v) is 7.32. The topological polar surface area (TPSA) is 73.3 Å². The van der Waals surface area contributed by atoms with E-state index in [1.165, 1.54) is 11.3 Å². The molecular formula is C20H12ClN3O3S. The molecule has 1 amide bonds. The van der Waals surface area contributed by atoms with E-state index in [4.69, 9.17) is 21.1 Å². The van der Waals surface area contributed by atoms with Crippen molar-refractivity contribution in [2.24, 2.45) is 0 Å². The van der Waals surface area contributed by atoms with Crippen molar-refractivity contribution in [1.82, 2.24) is 9.97 Å². The normalized spacial score (nSPS) is 12.3. The molecule has 2 aromatic heterocycles. The first kappa shape index (κ1) is 17.0. The van der Waals surface area contributed by atoms with Gasteiger partial charge < -0.3 is 9.47 Å². The van der Waals surface area contributed by atoms with Gasteiger partial charge in [-0.3, -0.25) is 10.1 Å². The standard InChI is InChI=1S/C20H12ClN3O3S/c21-18-8-13(12-3-1-2-4-14(12)22-18)19(25)24-20-23-15(9-28-20)11-5-6-16-17(7-11)27-10-26-16/h1-9H,10H2,(H,23,24,25). The highest BCUT2D eigenvalue weighted by atomic mass is 35.5. The van der Waals surface area contributed by atoms with E-state index in [0.717, 1.165) is 16.6 Å². The molecule has 3 heterocycles. The van der Waals surface area contributed by atoms with Crippen LogP contribution in [0.2, 0.25) is 5.15 Å². The maximum atomic E-state index is 12.8. The van der Waals surface area contributed by atoms with E-state index in [2.05, 4.69) is 15.3 Å². The predicted molar refractivity (Wildman–Crippen MR) is 108 cm³/mol. The third kappa shape index (κ3) is 3.04. The lowest BCUT2D eigenvalue weighted by Crippen LogP contribution is -2.12. The van der Waals surface area contributed by atoms with E-state index in [0.29, 0.717) is 27.7 Å². The van der Waals surface area contributed by atoms with Crippen LogP contribution in [0, 0.1) is 0 Å². The first-order chi connectivity index (χ1) is 13.7. The van der Waals surface area contributed by atoms with E-state index in [1.807, 2.05) is 47.8 Å². The number of pyridine rings is 1. The van der Waals surface area contributed by atoms with Crippen molar-refractivity contribution in [3.8, 4) is 22.8 Å². The van der Waals surface area contributed by atoms with Crippen molar-refractivity contribution in [2.75, 3.05) is 12.1 Å². The number of nitrogens with zero attached hydrogens (tertiary/aromatic N) is 2. The number of anilines is 1. The number of hydrogen-bond donors (Lipinski definition) is 1. The Morgan fingerprint density at radius 3 is 2.86 bits per heavy atom. The van der Waals surface area contributed by atoms with Gasteiger partial charge in [-0.15, -0.1) is 11.3 Å². The van der Waals surface area contributed by atoms with E-state index in [9.17, 15) is 4.79 Å². The first-order valence-electron chi connectivity index (χ1n) is 8.39. The molecule has 0 bridgehead atoms. The quantitative estimate of drug-likeness (QED) is 0.482. The van der Waals surface area contributed by atoms with Gasteiger partial charge in [0.15, 0.2) is 16.6 Å². The molecule has 0 spiro atoms. The zero-order chi connectivity index (χ0) is 19.1. The Hall–Kier alpha value is -3.16. The van der Waals surface area contributed by atoms with E-state index in [1.54, 1.807) is 6.07 Å². The molecule has 0 saturated heterocycles. The number of ether oxygens (including phenoxy) is 2. The van der Waals surface area contributed by atoms with Gasteiger partial charge in [-0.1, -0.05) is 29.8 Å². The molecule has 1 aliphatic heterocycles. The van der Waals surface area contributed by atoms with Crippen LogP contribution in [-0.2, 0) is 0 Å². The average Bonchev–Trinajstić information content (AvgIpc) is 3.35.